The van der Waals surface area contributed by atoms with Gasteiger partial charge < -0.3 is 5.32 Å². The Bertz CT molecular complexity index is 977. The zero-order valence-corrected chi connectivity index (χ0v) is 14.6. The monoisotopic (exact) mass is 344 g/mol. The number of carbonyl (C=O) groups is 2. The summed E-state index contributed by atoms with van der Waals surface area (Å²) in [6.45, 7) is 2.06. The van der Waals surface area contributed by atoms with Crippen molar-refractivity contribution in [3.8, 4) is 0 Å². The number of carbonyl (C=O) groups excluding carboxylic acids is 2. The number of hydrogen-bond donors (Lipinski definition) is 1. The van der Waals surface area contributed by atoms with Gasteiger partial charge in [0.05, 0.1) is 11.7 Å². The molecule has 130 valence electrons. The van der Waals surface area contributed by atoms with Crippen molar-refractivity contribution in [3.05, 3.63) is 77.9 Å². The van der Waals surface area contributed by atoms with Gasteiger partial charge in [0, 0.05) is 10.9 Å². The van der Waals surface area contributed by atoms with Gasteiger partial charge >= 0.3 is 0 Å². The highest BCUT2D eigenvalue weighted by molar-refractivity contribution is 6.26. The first-order chi connectivity index (χ1) is 12.7. The van der Waals surface area contributed by atoms with E-state index in [0.717, 1.165) is 28.4 Å². The van der Waals surface area contributed by atoms with E-state index in [9.17, 15) is 9.59 Å². The Hall–Kier alpha value is -3.14. The molecule has 3 aromatic rings. The average molecular weight is 344 g/mol. The first-order valence-electron chi connectivity index (χ1n) is 8.87. The maximum atomic E-state index is 12.8. The molecular weight excluding hydrogens is 324 g/mol. The van der Waals surface area contributed by atoms with Gasteiger partial charge in [-0.15, -0.1) is 0 Å². The fraction of sp³-hybridized carbons (Fsp3) is 0.182. The van der Waals surface area contributed by atoms with Crippen LogP contribution in [0.4, 0.5) is 5.69 Å². The molecule has 1 aliphatic rings. The van der Waals surface area contributed by atoms with Crippen molar-refractivity contribution < 1.29 is 9.59 Å². The molecule has 0 unspecified atom stereocenters. The third kappa shape index (κ3) is 2.73. The Labute approximate surface area is 152 Å². The third-order valence-corrected chi connectivity index (χ3v) is 4.90. The molecule has 0 saturated carbocycles. The molecule has 0 saturated heterocycles. The average Bonchev–Trinajstić information content (AvgIpc) is 2.95. The van der Waals surface area contributed by atoms with Crippen LogP contribution in [-0.2, 0) is 4.79 Å². The molecule has 0 radical (unpaired) electrons. The molecule has 4 heteroatoms. The van der Waals surface area contributed by atoms with E-state index < -0.39 is 0 Å². The van der Waals surface area contributed by atoms with Crippen molar-refractivity contribution >= 4 is 28.3 Å². The van der Waals surface area contributed by atoms with E-state index in [2.05, 4.69) is 5.32 Å². The van der Waals surface area contributed by atoms with E-state index in [4.69, 9.17) is 0 Å². The molecule has 1 N–H and O–H groups in total. The SMILES string of the molecule is CC[C@@H](NC(=O)CN1C(=O)c2cccc3cccc1c23)c1ccccc1. The number of anilines is 1. The quantitative estimate of drug-likeness (QED) is 0.758. The standard InChI is InChI=1S/C22H20N2O2/c1-2-18(15-8-4-3-5-9-15)23-20(25)14-24-19-13-7-11-16-10-6-12-17(21(16)19)22(24)26/h3-13,18H,2,14H2,1H3,(H,23,25)/t18-/m1/s1. The first-order valence-corrected chi connectivity index (χ1v) is 8.87. The van der Waals surface area contributed by atoms with Crippen molar-refractivity contribution in [1.29, 1.82) is 0 Å². The Morgan fingerprint density at radius 3 is 2.46 bits per heavy atom. The smallest absolute Gasteiger partial charge is 0.259 e. The molecule has 1 atom stereocenters. The van der Waals surface area contributed by atoms with E-state index >= 15 is 0 Å². The van der Waals surface area contributed by atoms with Gasteiger partial charge in [-0.05, 0) is 29.5 Å². The maximum Gasteiger partial charge on any atom is 0.259 e. The van der Waals surface area contributed by atoms with Crippen molar-refractivity contribution in [1.82, 2.24) is 5.32 Å². The number of amides is 2. The van der Waals surface area contributed by atoms with Gasteiger partial charge in [-0.3, -0.25) is 14.5 Å². The van der Waals surface area contributed by atoms with E-state index in [-0.39, 0.29) is 24.4 Å². The summed E-state index contributed by atoms with van der Waals surface area (Å²) in [7, 11) is 0. The summed E-state index contributed by atoms with van der Waals surface area (Å²) in [5.41, 5.74) is 2.55. The minimum absolute atomic E-state index is 0.0238. The highest BCUT2D eigenvalue weighted by Crippen LogP contribution is 2.36. The summed E-state index contributed by atoms with van der Waals surface area (Å²) in [4.78, 5) is 27.0. The lowest BCUT2D eigenvalue weighted by Crippen LogP contribution is -2.40. The summed E-state index contributed by atoms with van der Waals surface area (Å²) in [6, 6.07) is 21.3. The lowest BCUT2D eigenvalue weighted by Gasteiger charge is -2.21. The summed E-state index contributed by atoms with van der Waals surface area (Å²) < 4.78 is 0. The van der Waals surface area contributed by atoms with Crippen LogP contribution in [0.1, 0.15) is 35.3 Å². The second-order valence-electron chi connectivity index (χ2n) is 6.51. The predicted molar refractivity (Wildman–Crippen MR) is 103 cm³/mol. The lowest BCUT2D eigenvalue weighted by atomic mass is 10.0. The van der Waals surface area contributed by atoms with Gasteiger partial charge in [0.15, 0.2) is 0 Å². The molecule has 0 spiro atoms. The van der Waals surface area contributed by atoms with E-state index in [1.165, 1.54) is 0 Å². The molecule has 0 aliphatic carbocycles. The van der Waals surface area contributed by atoms with Gasteiger partial charge in [0.2, 0.25) is 5.91 Å². The topological polar surface area (TPSA) is 49.4 Å². The Morgan fingerprint density at radius 2 is 1.73 bits per heavy atom. The number of nitrogens with one attached hydrogen (secondary N) is 1. The van der Waals surface area contributed by atoms with Gasteiger partial charge in [0.25, 0.3) is 5.91 Å². The second kappa shape index (κ2) is 6.64. The van der Waals surface area contributed by atoms with E-state index in [1.807, 2.05) is 73.7 Å². The molecule has 1 aliphatic heterocycles. The van der Waals surface area contributed by atoms with Gasteiger partial charge in [-0.25, -0.2) is 0 Å². The molecular formula is C22H20N2O2. The highest BCUT2D eigenvalue weighted by Gasteiger charge is 2.31. The zero-order valence-electron chi connectivity index (χ0n) is 14.6. The molecule has 4 rings (SSSR count). The Morgan fingerprint density at radius 1 is 1.00 bits per heavy atom. The predicted octanol–water partition coefficient (Wildman–Crippen LogP) is 4.07. The minimum Gasteiger partial charge on any atom is -0.348 e. The first kappa shape index (κ1) is 16.3. The number of rotatable bonds is 5. The van der Waals surface area contributed by atoms with Crippen molar-refractivity contribution in [3.63, 3.8) is 0 Å². The van der Waals surface area contributed by atoms with Crippen LogP contribution in [0.3, 0.4) is 0 Å². The molecule has 26 heavy (non-hydrogen) atoms. The van der Waals surface area contributed by atoms with Crippen LogP contribution in [0.2, 0.25) is 0 Å². The van der Waals surface area contributed by atoms with Crippen LogP contribution in [0, 0.1) is 0 Å². The second-order valence-corrected chi connectivity index (χ2v) is 6.51. The summed E-state index contributed by atoms with van der Waals surface area (Å²) >= 11 is 0. The summed E-state index contributed by atoms with van der Waals surface area (Å²) in [6.07, 6.45) is 0.791. The molecule has 3 aromatic carbocycles. The van der Waals surface area contributed by atoms with E-state index in [1.54, 1.807) is 4.90 Å². The summed E-state index contributed by atoms with van der Waals surface area (Å²) in [5.74, 6) is -0.265. The fourth-order valence-electron chi connectivity index (χ4n) is 3.63. The van der Waals surface area contributed by atoms with Crippen molar-refractivity contribution in [2.45, 2.75) is 19.4 Å². The van der Waals surface area contributed by atoms with Crippen LogP contribution >= 0.6 is 0 Å². The van der Waals surface area contributed by atoms with Gasteiger partial charge in [-0.1, -0.05) is 61.5 Å². The Balaban J connectivity index is 1.56. The van der Waals surface area contributed by atoms with Crippen molar-refractivity contribution in [2.24, 2.45) is 0 Å². The number of benzene rings is 3. The van der Waals surface area contributed by atoms with E-state index in [0.29, 0.717) is 5.56 Å². The molecule has 4 nitrogen and oxygen atoms in total. The van der Waals surface area contributed by atoms with Crippen LogP contribution in [-0.4, -0.2) is 18.4 Å². The van der Waals surface area contributed by atoms with Crippen LogP contribution < -0.4 is 10.2 Å². The van der Waals surface area contributed by atoms with Crippen molar-refractivity contribution in [2.75, 3.05) is 11.4 Å². The van der Waals surface area contributed by atoms with Crippen LogP contribution in [0.25, 0.3) is 10.8 Å². The fourth-order valence-corrected chi connectivity index (χ4v) is 3.63. The van der Waals surface area contributed by atoms with Gasteiger partial charge in [0.1, 0.15) is 6.54 Å². The van der Waals surface area contributed by atoms with Crippen LogP contribution in [0.15, 0.2) is 66.7 Å². The molecule has 0 aromatic heterocycles. The highest BCUT2D eigenvalue weighted by atomic mass is 16.2. The van der Waals surface area contributed by atoms with Gasteiger partial charge in [-0.2, -0.15) is 0 Å². The maximum absolute atomic E-state index is 12.8. The number of nitrogens with zero attached hydrogens (tertiary/aromatic N) is 1. The Kier molecular flexibility index (Phi) is 4.17. The van der Waals surface area contributed by atoms with Crippen LogP contribution in [0.5, 0.6) is 0 Å². The molecule has 1 heterocycles. The molecule has 2 amide bonds. The number of hydrogen-bond acceptors (Lipinski definition) is 2. The lowest BCUT2D eigenvalue weighted by molar-refractivity contribution is -0.120. The largest absolute Gasteiger partial charge is 0.348 e. The minimum atomic E-state index is -0.154. The molecule has 0 fully saturated rings. The summed E-state index contributed by atoms with van der Waals surface area (Å²) in [5, 5.41) is 5.01. The third-order valence-electron chi connectivity index (χ3n) is 4.90. The zero-order chi connectivity index (χ0) is 18.1. The normalized spacial score (nSPS) is 13.9. The molecule has 0 bridgehead atoms.